The van der Waals surface area contributed by atoms with Crippen molar-refractivity contribution in [2.24, 2.45) is 0 Å². The van der Waals surface area contributed by atoms with Gasteiger partial charge in [0.2, 0.25) is 5.91 Å². The summed E-state index contributed by atoms with van der Waals surface area (Å²) in [4.78, 5) is 12.4. The fourth-order valence-corrected chi connectivity index (χ4v) is 3.61. The fraction of sp³-hybridized carbons (Fsp3) is 0.529. The molecule has 1 heterocycles. The van der Waals surface area contributed by atoms with Gasteiger partial charge < -0.3 is 14.8 Å². The van der Waals surface area contributed by atoms with Crippen LogP contribution in [0, 0.1) is 11.3 Å². The zero-order valence-corrected chi connectivity index (χ0v) is 14.4. The minimum Gasteiger partial charge on any atom is -0.486 e. The molecule has 1 aromatic rings. The van der Waals surface area contributed by atoms with E-state index in [0.717, 1.165) is 42.1 Å². The lowest BCUT2D eigenvalue weighted by molar-refractivity contribution is -0.122. The van der Waals surface area contributed by atoms with Gasteiger partial charge in [0.05, 0.1) is 12.5 Å². The lowest BCUT2D eigenvalue weighted by Crippen LogP contribution is -2.49. The zero-order chi connectivity index (χ0) is 16.3. The van der Waals surface area contributed by atoms with Gasteiger partial charge in [-0.2, -0.15) is 5.26 Å². The minimum absolute atomic E-state index is 0.133. The van der Waals surface area contributed by atoms with Gasteiger partial charge in [-0.15, -0.1) is 0 Å². The van der Waals surface area contributed by atoms with Gasteiger partial charge >= 0.3 is 0 Å². The minimum atomic E-state index is -0.699. The van der Waals surface area contributed by atoms with Crippen molar-refractivity contribution in [1.29, 1.82) is 5.26 Å². The topological polar surface area (TPSA) is 71.4 Å². The number of nitrogens with zero attached hydrogens (tertiary/aromatic N) is 1. The molecule has 122 valence electrons. The predicted octanol–water partition coefficient (Wildman–Crippen LogP) is 3.11. The van der Waals surface area contributed by atoms with E-state index in [-0.39, 0.29) is 12.3 Å². The first kappa shape index (κ1) is 16.1. The molecule has 1 amide bonds. The molecule has 1 aliphatic heterocycles. The predicted molar refractivity (Wildman–Crippen MR) is 88.4 cm³/mol. The number of nitriles is 1. The molecule has 2 aliphatic rings. The molecule has 23 heavy (non-hydrogen) atoms. The van der Waals surface area contributed by atoms with Gasteiger partial charge in [-0.05, 0) is 30.5 Å². The van der Waals surface area contributed by atoms with Crippen molar-refractivity contribution in [2.75, 3.05) is 13.2 Å². The fourth-order valence-electron chi connectivity index (χ4n) is 3.15. The summed E-state index contributed by atoms with van der Waals surface area (Å²) >= 11 is 3.48. The molecule has 0 bridgehead atoms. The maximum absolute atomic E-state index is 12.4. The molecule has 0 atom stereocenters. The van der Waals surface area contributed by atoms with Crippen LogP contribution < -0.4 is 14.8 Å². The van der Waals surface area contributed by atoms with E-state index in [1.807, 2.05) is 12.1 Å². The van der Waals surface area contributed by atoms with Crippen LogP contribution in [0.3, 0.4) is 0 Å². The molecule has 1 aliphatic carbocycles. The highest BCUT2D eigenvalue weighted by molar-refractivity contribution is 9.10. The van der Waals surface area contributed by atoms with Crippen LogP contribution in [0.15, 0.2) is 16.6 Å². The largest absolute Gasteiger partial charge is 0.486 e. The van der Waals surface area contributed by atoms with E-state index >= 15 is 0 Å². The molecule has 1 fully saturated rings. The molecule has 1 aromatic carbocycles. The monoisotopic (exact) mass is 378 g/mol. The van der Waals surface area contributed by atoms with Gasteiger partial charge in [-0.1, -0.05) is 35.2 Å². The van der Waals surface area contributed by atoms with E-state index in [9.17, 15) is 10.1 Å². The molecule has 0 aromatic heterocycles. The number of amides is 1. The molecule has 0 spiro atoms. The Morgan fingerprint density at radius 2 is 1.87 bits per heavy atom. The maximum Gasteiger partial charge on any atom is 0.225 e. The van der Waals surface area contributed by atoms with Crippen LogP contribution in [0.5, 0.6) is 11.5 Å². The molecular weight excluding hydrogens is 360 g/mol. The van der Waals surface area contributed by atoms with Crippen LogP contribution in [0.25, 0.3) is 0 Å². The zero-order valence-electron chi connectivity index (χ0n) is 12.9. The third-order valence-corrected chi connectivity index (χ3v) is 5.10. The summed E-state index contributed by atoms with van der Waals surface area (Å²) in [6.07, 6.45) is 4.78. The number of nitrogens with one attached hydrogen (secondary N) is 1. The van der Waals surface area contributed by atoms with Gasteiger partial charge in [0.15, 0.2) is 11.5 Å². The second-order valence-electron chi connectivity index (χ2n) is 6.07. The highest BCUT2D eigenvalue weighted by Crippen LogP contribution is 2.36. The molecule has 5 nitrogen and oxygen atoms in total. The van der Waals surface area contributed by atoms with E-state index in [0.29, 0.717) is 24.7 Å². The lowest BCUT2D eigenvalue weighted by atomic mass is 9.82. The number of carbonyl (C=O) groups excluding carboxylic acids is 1. The number of carbonyl (C=O) groups is 1. The Bertz CT molecular complexity index is 648. The van der Waals surface area contributed by atoms with Crippen molar-refractivity contribution in [3.05, 3.63) is 22.2 Å². The van der Waals surface area contributed by atoms with Crippen LogP contribution in [0.4, 0.5) is 0 Å². The number of benzene rings is 1. The highest BCUT2D eigenvalue weighted by Gasteiger charge is 2.33. The Hall–Kier alpha value is -1.74. The molecule has 0 saturated heterocycles. The van der Waals surface area contributed by atoms with E-state index in [2.05, 4.69) is 27.3 Å². The third-order valence-electron chi connectivity index (χ3n) is 4.36. The number of hydrogen-bond donors (Lipinski definition) is 1. The third kappa shape index (κ3) is 3.61. The lowest BCUT2D eigenvalue weighted by Gasteiger charge is -2.31. The van der Waals surface area contributed by atoms with Crippen LogP contribution in [-0.4, -0.2) is 24.7 Å². The molecule has 3 rings (SSSR count). The Kier molecular flexibility index (Phi) is 4.76. The average molecular weight is 379 g/mol. The number of rotatable bonds is 3. The van der Waals surface area contributed by atoms with Crippen molar-refractivity contribution >= 4 is 21.8 Å². The SMILES string of the molecule is N#CC1(NC(=O)Cc2cc3c(cc2Br)OCCO3)CCCCC1. The van der Waals surface area contributed by atoms with E-state index in [1.54, 1.807) is 0 Å². The van der Waals surface area contributed by atoms with Crippen molar-refractivity contribution in [3.8, 4) is 17.6 Å². The van der Waals surface area contributed by atoms with Crippen molar-refractivity contribution in [1.82, 2.24) is 5.32 Å². The summed E-state index contributed by atoms with van der Waals surface area (Å²) in [5.41, 5.74) is 0.131. The molecule has 1 saturated carbocycles. The number of halogens is 1. The summed E-state index contributed by atoms with van der Waals surface area (Å²) in [7, 11) is 0. The van der Waals surface area contributed by atoms with E-state index < -0.39 is 5.54 Å². The molecule has 0 radical (unpaired) electrons. The summed E-state index contributed by atoms with van der Waals surface area (Å²) in [5, 5.41) is 12.4. The summed E-state index contributed by atoms with van der Waals surface area (Å²) in [6.45, 7) is 1.04. The maximum atomic E-state index is 12.4. The number of hydrogen-bond acceptors (Lipinski definition) is 4. The Balaban J connectivity index is 1.71. The van der Waals surface area contributed by atoms with Crippen molar-refractivity contribution in [2.45, 2.75) is 44.1 Å². The van der Waals surface area contributed by atoms with E-state index in [4.69, 9.17) is 9.47 Å². The Morgan fingerprint density at radius 3 is 2.52 bits per heavy atom. The molecule has 1 N–H and O–H groups in total. The molecule has 6 heteroatoms. The second kappa shape index (κ2) is 6.79. The van der Waals surface area contributed by atoms with Crippen molar-refractivity contribution < 1.29 is 14.3 Å². The van der Waals surface area contributed by atoms with Gasteiger partial charge in [0, 0.05) is 4.47 Å². The van der Waals surface area contributed by atoms with Crippen LogP contribution in [-0.2, 0) is 11.2 Å². The Labute approximate surface area is 144 Å². The quantitative estimate of drug-likeness (QED) is 0.876. The van der Waals surface area contributed by atoms with Gasteiger partial charge in [0.25, 0.3) is 0 Å². The first-order valence-corrected chi connectivity index (χ1v) is 8.71. The summed E-state index contributed by atoms with van der Waals surface area (Å²) in [6, 6.07) is 5.97. The summed E-state index contributed by atoms with van der Waals surface area (Å²) < 4.78 is 11.9. The number of fused-ring (bicyclic) bond motifs is 1. The smallest absolute Gasteiger partial charge is 0.225 e. The summed E-state index contributed by atoms with van der Waals surface area (Å²) in [5.74, 6) is 1.22. The normalized spacial score (nSPS) is 18.8. The van der Waals surface area contributed by atoms with Crippen LogP contribution in [0.1, 0.15) is 37.7 Å². The molecular formula is C17H19BrN2O3. The van der Waals surface area contributed by atoms with E-state index in [1.165, 1.54) is 0 Å². The standard InChI is InChI=1S/C17H19BrN2O3/c18-13-10-15-14(22-6-7-23-15)8-12(13)9-16(21)20-17(11-19)4-2-1-3-5-17/h8,10H,1-7,9H2,(H,20,21). The second-order valence-corrected chi connectivity index (χ2v) is 6.92. The van der Waals surface area contributed by atoms with Gasteiger partial charge in [0.1, 0.15) is 18.8 Å². The van der Waals surface area contributed by atoms with Gasteiger partial charge in [-0.3, -0.25) is 4.79 Å². The number of ether oxygens (including phenoxy) is 2. The Morgan fingerprint density at radius 1 is 1.22 bits per heavy atom. The molecule has 0 unspecified atom stereocenters. The van der Waals surface area contributed by atoms with Crippen molar-refractivity contribution in [3.63, 3.8) is 0 Å². The first-order valence-electron chi connectivity index (χ1n) is 7.92. The van der Waals surface area contributed by atoms with Crippen LogP contribution in [0.2, 0.25) is 0 Å². The average Bonchev–Trinajstić information content (AvgIpc) is 2.56. The highest BCUT2D eigenvalue weighted by atomic mass is 79.9. The van der Waals surface area contributed by atoms with Crippen LogP contribution >= 0.6 is 15.9 Å². The first-order chi connectivity index (χ1) is 11.1. The van der Waals surface area contributed by atoms with Gasteiger partial charge in [-0.25, -0.2) is 0 Å².